The highest BCUT2D eigenvalue weighted by Crippen LogP contribution is 2.42. The Morgan fingerprint density at radius 2 is 2.05 bits per heavy atom. The maximum absolute atomic E-state index is 13.8. The van der Waals surface area contributed by atoms with Crippen molar-refractivity contribution < 1.29 is 28.5 Å². The van der Waals surface area contributed by atoms with E-state index in [1.165, 1.54) is 0 Å². The molecule has 0 saturated carbocycles. The standard InChI is InChI=1S/C29H44N4O6/c1-4-5-12-27(35)33-23-18-25(37-16-9-11-26(34)31-20-30-2)24(36-3)17-21(23)19-32-14-8-10-22(32)29(33)39-28-13-6-7-15-38-28/h4,17-18,22,28-30H,1,5-16,19-20H2,2-3H3,(H,31,34)/t22-,28?,29?/m0/s1. The van der Waals surface area contributed by atoms with Gasteiger partial charge in [0.2, 0.25) is 11.8 Å². The third-order valence-electron chi connectivity index (χ3n) is 7.52. The molecule has 10 heteroatoms. The number of carbonyl (C=O) groups excluding carboxylic acids is 2. The number of hydrogen-bond acceptors (Lipinski definition) is 8. The molecule has 3 atom stereocenters. The largest absolute Gasteiger partial charge is 0.493 e. The maximum atomic E-state index is 13.8. The zero-order valence-corrected chi connectivity index (χ0v) is 23.4. The molecule has 2 amide bonds. The van der Waals surface area contributed by atoms with E-state index in [9.17, 15) is 9.59 Å². The van der Waals surface area contributed by atoms with Crippen LogP contribution in [-0.4, -0.2) is 75.9 Å². The first-order chi connectivity index (χ1) is 19.0. The fourth-order valence-electron chi connectivity index (χ4n) is 5.55. The summed E-state index contributed by atoms with van der Waals surface area (Å²) >= 11 is 0. The van der Waals surface area contributed by atoms with Gasteiger partial charge in [0.05, 0.1) is 32.1 Å². The van der Waals surface area contributed by atoms with E-state index in [2.05, 4.69) is 22.1 Å². The van der Waals surface area contributed by atoms with Crippen LogP contribution in [0.2, 0.25) is 0 Å². The Balaban J connectivity index is 1.62. The summed E-state index contributed by atoms with van der Waals surface area (Å²) in [5, 5.41) is 5.68. The van der Waals surface area contributed by atoms with Crippen molar-refractivity contribution in [2.24, 2.45) is 0 Å². The summed E-state index contributed by atoms with van der Waals surface area (Å²) in [6.07, 6.45) is 7.72. The van der Waals surface area contributed by atoms with Crippen molar-refractivity contribution in [3.05, 3.63) is 30.4 Å². The first kappa shape index (κ1) is 29.3. The highest BCUT2D eigenvalue weighted by atomic mass is 16.7. The van der Waals surface area contributed by atoms with Gasteiger partial charge in [0, 0.05) is 32.1 Å². The Morgan fingerprint density at radius 1 is 1.18 bits per heavy atom. The molecule has 4 rings (SSSR count). The number of ether oxygens (including phenoxy) is 4. The van der Waals surface area contributed by atoms with Crippen LogP contribution >= 0.6 is 0 Å². The van der Waals surface area contributed by atoms with Crippen LogP contribution in [0.5, 0.6) is 11.5 Å². The number of methoxy groups -OCH3 is 1. The topological polar surface area (TPSA) is 102 Å². The second-order valence-electron chi connectivity index (χ2n) is 10.3. The van der Waals surface area contributed by atoms with Gasteiger partial charge in [-0.3, -0.25) is 19.4 Å². The summed E-state index contributed by atoms with van der Waals surface area (Å²) in [5.41, 5.74) is 1.78. The molecule has 0 aliphatic carbocycles. The minimum Gasteiger partial charge on any atom is -0.493 e. The summed E-state index contributed by atoms with van der Waals surface area (Å²) in [7, 11) is 3.40. The predicted octanol–water partition coefficient (Wildman–Crippen LogP) is 3.29. The molecule has 3 aliphatic heterocycles. The number of fused-ring (bicyclic) bond motifs is 2. The van der Waals surface area contributed by atoms with Gasteiger partial charge in [-0.05, 0) is 70.2 Å². The smallest absolute Gasteiger partial charge is 0.229 e. The lowest BCUT2D eigenvalue weighted by Crippen LogP contribution is -2.53. The number of benzene rings is 1. The molecule has 2 saturated heterocycles. The van der Waals surface area contributed by atoms with Crippen molar-refractivity contribution in [2.45, 2.75) is 82.9 Å². The minimum atomic E-state index is -0.466. The lowest BCUT2D eigenvalue weighted by atomic mass is 10.1. The molecule has 39 heavy (non-hydrogen) atoms. The van der Waals surface area contributed by atoms with Gasteiger partial charge >= 0.3 is 0 Å². The van der Waals surface area contributed by atoms with Crippen molar-refractivity contribution in [2.75, 3.05) is 45.5 Å². The highest BCUT2D eigenvalue weighted by molar-refractivity contribution is 5.95. The Hall–Kier alpha value is -2.66. The Kier molecular flexibility index (Phi) is 11.0. The van der Waals surface area contributed by atoms with Crippen LogP contribution in [0.25, 0.3) is 0 Å². The number of anilines is 1. The summed E-state index contributed by atoms with van der Waals surface area (Å²) in [5.74, 6) is 1.11. The third kappa shape index (κ3) is 7.51. The van der Waals surface area contributed by atoms with Gasteiger partial charge in [-0.25, -0.2) is 0 Å². The van der Waals surface area contributed by atoms with Crippen molar-refractivity contribution >= 4 is 17.5 Å². The van der Waals surface area contributed by atoms with E-state index in [0.29, 0.717) is 63.6 Å². The molecule has 216 valence electrons. The molecule has 10 nitrogen and oxygen atoms in total. The molecule has 2 fully saturated rings. The monoisotopic (exact) mass is 544 g/mol. The number of nitrogens with one attached hydrogen (secondary N) is 2. The van der Waals surface area contributed by atoms with Gasteiger partial charge in [-0.1, -0.05) is 6.08 Å². The van der Waals surface area contributed by atoms with Crippen molar-refractivity contribution in [1.82, 2.24) is 15.5 Å². The molecule has 1 aromatic rings. The lowest BCUT2D eigenvalue weighted by Gasteiger charge is -2.39. The van der Waals surface area contributed by atoms with Crippen molar-refractivity contribution in [1.29, 1.82) is 0 Å². The summed E-state index contributed by atoms with van der Waals surface area (Å²) in [6, 6.07) is 3.95. The van der Waals surface area contributed by atoms with Gasteiger partial charge in [0.15, 0.2) is 24.0 Å². The molecule has 1 aromatic carbocycles. The number of hydrogen-bond donors (Lipinski definition) is 2. The molecule has 0 bridgehead atoms. The van der Waals surface area contributed by atoms with E-state index in [1.54, 1.807) is 20.2 Å². The van der Waals surface area contributed by atoms with Gasteiger partial charge in [-0.2, -0.15) is 0 Å². The van der Waals surface area contributed by atoms with Crippen LogP contribution in [0.1, 0.15) is 63.4 Å². The Morgan fingerprint density at radius 3 is 2.79 bits per heavy atom. The predicted molar refractivity (Wildman–Crippen MR) is 149 cm³/mol. The Bertz CT molecular complexity index is 983. The lowest BCUT2D eigenvalue weighted by molar-refractivity contribution is -0.198. The molecule has 0 spiro atoms. The number of amides is 2. The van der Waals surface area contributed by atoms with E-state index in [4.69, 9.17) is 18.9 Å². The van der Waals surface area contributed by atoms with Crippen LogP contribution in [0, 0.1) is 0 Å². The normalized spacial score (nSPS) is 22.9. The Labute approximate surface area is 232 Å². The zero-order chi connectivity index (χ0) is 27.6. The van der Waals surface area contributed by atoms with Crippen LogP contribution in [0.4, 0.5) is 5.69 Å². The van der Waals surface area contributed by atoms with E-state index in [0.717, 1.165) is 49.9 Å². The van der Waals surface area contributed by atoms with Crippen molar-refractivity contribution in [3.63, 3.8) is 0 Å². The average Bonchev–Trinajstić information content (AvgIpc) is 3.37. The zero-order valence-electron chi connectivity index (χ0n) is 23.4. The number of carbonyl (C=O) groups is 2. The second kappa shape index (κ2) is 14.6. The summed E-state index contributed by atoms with van der Waals surface area (Å²) in [6.45, 7) is 6.90. The van der Waals surface area contributed by atoms with Crippen LogP contribution < -0.4 is 25.0 Å². The van der Waals surface area contributed by atoms with Crippen molar-refractivity contribution in [3.8, 4) is 11.5 Å². The van der Waals surface area contributed by atoms with E-state index < -0.39 is 6.23 Å². The summed E-state index contributed by atoms with van der Waals surface area (Å²) < 4.78 is 24.4. The van der Waals surface area contributed by atoms with Crippen LogP contribution in [0.15, 0.2) is 24.8 Å². The van der Waals surface area contributed by atoms with Crippen LogP contribution in [0.3, 0.4) is 0 Å². The second-order valence-corrected chi connectivity index (χ2v) is 10.3. The molecule has 2 N–H and O–H groups in total. The number of nitrogens with zero attached hydrogens (tertiary/aromatic N) is 2. The van der Waals surface area contributed by atoms with Gasteiger partial charge < -0.3 is 29.6 Å². The molecule has 2 unspecified atom stereocenters. The van der Waals surface area contributed by atoms with Crippen LogP contribution in [-0.2, 0) is 25.6 Å². The van der Waals surface area contributed by atoms with Gasteiger partial charge in [0.1, 0.15) is 0 Å². The molecule has 3 aliphatic rings. The minimum absolute atomic E-state index is 0.0111. The van der Waals surface area contributed by atoms with E-state index in [-0.39, 0.29) is 24.1 Å². The fraction of sp³-hybridized carbons (Fsp3) is 0.655. The molecule has 0 aromatic heterocycles. The summed E-state index contributed by atoms with van der Waals surface area (Å²) in [4.78, 5) is 30.0. The van der Waals surface area contributed by atoms with E-state index >= 15 is 0 Å². The molecular weight excluding hydrogens is 500 g/mol. The maximum Gasteiger partial charge on any atom is 0.229 e. The highest BCUT2D eigenvalue weighted by Gasteiger charge is 2.44. The number of rotatable bonds is 13. The first-order valence-electron chi connectivity index (χ1n) is 14.2. The third-order valence-corrected chi connectivity index (χ3v) is 7.52. The van der Waals surface area contributed by atoms with Gasteiger partial charge in [0.25, 0.3) is 0 Å². The fourth-order valence-corrected chi connectivity index (χ4v) is 5.55. The molecule has 3 heterocycles. The quantitative estimate of drug-likeness (QED) is 0.222. The SMILES string of the molecule is C=CCCC(=O)N1c2cc(OCCCC(=O)NCNC)c(OC)cc2CN2CCC[C@H]2C1OC1CCCCO1. The van der Waals surface area contributed by atoms with Gasteiger partial charge in [-0.15, -0.1) is 6.58 Å². The number of allylic oxidation sites excluding steroid dienone is 1. The molecular formula is C29H44N4O6. The van der Waals surface area contributed by atoms with E-state index in [1.807, 2.05) is 17.0 Å². The molecule has 0 radical (unpaired) electrons. The average molecular weight is 545 g/mol. The first-order valence-corrected chi connectivity index (χ1v) is 14.2.